The summed E-state index contributed by atoms with van der Waals surface area (Å²) in [7, 11) is 0. The van der Waals surface area contributed by atoms with Crippen molar-refractivity contribution in [3.63, 3.8) is 0 Å². The first-order valence-electron chi connectivity index (χ1n) is 6.53. The zero-order valence-corrected chi connectivity index (χ0v) is 13.6. The molecule has 0 heterocycles. The molecule has 0 aromatic heterocycles. The zero-order valence-electron chi connectivity index (χ0n) is 13.6. The lowest BCUT2D eigenvalue weighted by Crippen LogP contribution is -2.40. The zero-order chi connectivity index (χ0) is 18.8. The minimum Gasteiger partial charge on any atom is -0.428 e. The van der Waals surface area contributed by atoms with Gasteiger partial charge in [-0.2, -0.15) is 0 Å². The van der Waals surface area contributed by atoms with Crippen LogP contribution in [0.4, 0.5) is 4.79 Å². The summed E-state index contributed by atoms with van der Waals surface area (Å²) in [4.78, 5) is 52.5. The molecular weight excluding hydrogens is 310 g/mol. The number of amides is 2. The van der Waals surface area contributed by atoms with Crippen LogP contribution in [0, 0.1) is 0 Å². The Morgan fingerprint density at radius 1 is 0.957 bits per heavy atom. The molecule has 0 radical (unpaired) electrons. The van der Waals surface area contributed by atoms with Gasteiger partial charge in [0.05, 0.1) is 0 Å². The largest absolute Gasteiger partial charge is 0.516 e. The number of esters is 1. The van der Waals surface area contributed by atoms with Gasteiger partial charge in [-0.1, -0.05) is 0 Å². The van der Waals surface area contributed by atoms with Gasteiger partial charge in [0.2, 0.25) is 11.8 Å². The van der Waals surface area contributed by atoms with E-state index in [0.29, 0.717) is 0 Å². The van der Waals surface area contributed by atoms with Gasteiger partial charge >= 0.3 is 12.1 Å². The second kappa shape index (κ2) is 10.3. The third-order valence-corrected chi connectivity index (χ3v) is 1.88. The summed E-state index contributed by atoms with van der Waals surface area (Å²) in [5.74, 6) is -2.69. The van der Waals surface area contributed by atoms with Crippen molar-refractivity contribution in [2.24, 2.45) is 17.2 Å². The van der Waals surface area contributed by atoms with Crippen molar-refractivity contribution in [2.45, 2.75) is 52.2 Å². The second-order valence-electron chi connectivity index (χ2n) is 5.41. The number of carbonyl (C=O) groups is 5. The molecular formula is C13H23N3O7. The molecule has 10 heteroatoms. The summed E-state index contributed by atoms with van der Waals surface area (Å²) >= 11 is 0. The monoisotopic (exact) mass is 333 g/mol. The fraction of sp³-hybridized carbons (Fsp3) is 0.615. The fourth-order valence-electron chi connectivity index (χ4n) is 0.829. The minimum atomic E-state index is -1.45. The maximum atomic E-state index is 11.0. The maximum absolute atomic E-state index is 11.0. The number of hydrogen-bond donors (Lipinski definition) is 3. The average Bonchev–Trinajstić information content (AvgIpc) is 2.33. The fourth-order valence-corrected chi connectivity index (χ4v) is 0.829. The number of Topliss-reactive ketones (excluding diaryl/α,β-unsaturated/α-hetero) is 1. The molecule has 0 aliphatic carbocycles. The maximum Gasteiger partial charge on any atom is 0.516 e. The Labute approximate surface area is 133 Å². The molecule has 0 saturated carbocycles. The van der Waals surface area contributed by atoms with Crippen LogP contribution in [0.5, 0.6) is 0 Å². The summed E-state index contributed by atoms with van der Waals surface area (Å²) in [6.45, 7) is 5.97. The molecule has 6 N–H and O–H groups in total. The predicted octanol–water partition coefficient (Wildman–Crippen LogP) is -0.882. The lowest BCUT2D eigenvalue weighted by Gasteiger charge is -2.18. The first kappa shape index (κ1) is 22.8. The van der Waals surface area contributed by atoms with E-state index in [2.05, 4.69) is 9.47 Å². The Hall–Kier alpha value is -2.49. The van der Waals surface area contributed by atoms with Crippen molar-refractivity contribution in [1.82, 2.24) is 0 Å². The van der Waals surface area contributed by atoms with Crippen LogP contribution < -0.4 is 17.2 Å². The van der Waals surface area contributed by atoms with E-state index in [4.69, 9.17) is 17.2 Å². The molecule has 23 heavy (non-hydrogen) atoms. The van der Waals surface area contributed by atoms with Gasteiger partial charge < -0.3 is 26.7 Å². The molecule has 1 atom stereocenters. The van der Waals surface area contributed by atoms with Gasteiger partial charge in [-0.25, -0.2) is 9.59 Å². The Morgan fingerprint density at radius 2 is 1.35 bits per heavy atom. The number of ketones is 1. The van der Waals surface area contributed by atoms with E-state index in [9.17, 15) is 24.0 Å². The minimum absolute atomic E-state index is 0.0509. The Bertz CT molecular complexity index is 455. The molecule has 0 aliphatic heterocycles. The molecule has 1 unspecified atom stereocenters. The van der Waals surface area contributed by atoms with Gasteiger partial charge in [-0.3, -0.25) is 14.4 Å². The van der Waals surface area contributed by atoms with Crippen molar-refractivity contribution < 1.29 is 33.4 Å². The molecule has 0 aromatic carbocycles. The van der Waals surface area contributed by atoms with Crippen molar-refractivity contribution in [2.75, 3.05) is 0 Å². The first-order chi connectivity index (χ1) is 10.3. The SMILES string of the molecule is CC(=O)C(N)C(=O)OC(=O)OC(C)(C)C.NC(=O)CCC(N)=O. The number of rotatable bonds is 5. The molecule has 0 aromatic rings. The smallest absolute Gasteiger partial charge is 0.428 e. The molecule has 0 saturated heterocycles. The van der Waals surface area contributed by atoms with Crippen LogP contribution in [0.1, 0.15) is 40.5 Å². The molecule has 0 bridgehead atoms. The second-order valence-corrected chi connectivity index (χ2v) is 5.41. The molecule has 0 rings (SSSR count). The third kappa shape index (κ3) is 15.7. The van der Waals surface area contributed by atoms with E-state index in [1.165, 1.54) is 0 Å². The van der Waals surface area contributed by atoms with Crippen LogP contribution in [0.15, 0.2) is 0 Å². The van der Waals surface area contributed by atoms with Gasteiger partial charge in [0.25, 0.3) is 0 Å². The lowest BCUT2D eigenvalue weighted by atomic mass is 10.2. The molecule has 0 aliphatic rings. The van der Waals surface area contributed by atoms with Crippen LogP contribution in [-0.2, 0) is 28.7 Å². The highest BCUT2D eigenvalue weighted by Crippen LogP contribution is 2.08. The summed E-state index contributed by atoms with van der Waals surface area (Å²) in [6, 6.07) is -1.45. The van der Waals surface area contributed by atoms with Gasteiger partial charge in [-0.05, 0) is 27.7 Å². The van der Waals surface area contributed by atoms with E-state index in [-0.39, 0.29) is 12.8 Å². The van der Waals surface area contributed by atoms with E-state index < -0.39 is 41.4 Å². The van der Waals surface area contributed by atoms with Crippen LogP contribution in [0.25, 0.3) is 0 Å². The average molecular weight is 333 g/mol. The highest BCUT2D eigenvalue weighted by atomic mass is 16.7. The van der Waals surface area contributed by atoms with E-state index in [0.717, 1.165) is 6.92 Å². The summed E-state index contributed by atoms with van der Waals surface area (Å²) in [5.41, 5.74) is 13.8. The van der Waals surface area contributed by atoms with Gasteiger partial charge in [0.15, 0.2) is 11.8 Å². The summed E-state index contributed by atoms with van der Waals surface area (Å²) < 4.78 is 8.89. The molecule has 10 nitrogen and oxygen atoms in total. The number of ether oxygens (including phenoxy) is 2. The van der Waals surface area contributed by atoms with Crippen LogP contribution in [-0.4, -0.2) is 41.4 Å². The van der Waals surface area contributed by atoms with E-state index >= 15 is 0 Å². The Balaban J connectivity index is 0. The Kier molecular flexibility index (Phi) is 10.2. The van der Waals surface area contributed by atoms with Crippen LogP contribution in [0.3, 0.4) is 0 Å². The van der Waals surface area contributed by atoms with Crippen molar-refractivity contribution in [3.05, 3.63) is 0 Å². The van der Waals surface area contributed by atoms with Crippen molar-refractivity contribution in [1.29, 1.82) is 0 Å². The predicted molar refractivity (Wildman–Crippen MR) is 78.6 cm³/mol. The normalized spacial score (nSPS) is 11.3. The molecule has 0 fully saturated rings. The number of primary amides is 2. The number of hydrogen-bond acceptors (Lipinski definition) is 8. The molecule has 2 amide bonds. The quantitative estimate of drug-likeness (QED) is 0.428. The van der Waals surface area contributed by atoms with Gasteiger partial charge in [-0.15, -0.1) is 0 Å². The highest BCUT2D eigenvalue weighted by Gasteiger charge is 2.26. The molecule has 0 spiro atoms. The van der Waals surface area contributed by atoms with Crippen molar-refractivity contribution >= 4 is 29.7 Å². The highest BCUT2D eigenvalue weighted by molar-refractivity contribution is 6.04. The standard InChI is InChI=1S/C9H15NO5.C4H8N2O2/c1-5(11)6(10)7(12)14-8(13)15-9(2,3)4;5-3(7)1-2-4(6)8/h6H,10H2,1-4H3;1-2H2,(H2,5,7)(H2,6,8). The number of nitrogens with two attached hydrogens (primary N) is 3. The summed E-state index contributed by atoms with van der Waals surface area (Å²) in [6.07, 6.45) is -1.06. The topological polar surface area (TPSA) is 182 Å². The number of carbonyl (C=O) groups excluding carboxylic acids is 5. The first-order valence-corrected chi connectivity index (χ1v) is 6.53. The van der Waals surface area contributed by atoms with Crippen LogP contribution in [0.2, 0.25) is 0 Å². The summed E-state index contributed by atoms with van der Waals surface area (Å²) in [5, 5.41) is 0. The van der Waals surface area contributed by atoms with Crippen LogP contribution >= 0.6 is 0 Å². The molecule has 132 valence electrons. The van der Waals surface area contributed by atoms with E-state index in [1.807, 2.05) is 0 Å². The van der Waals surface area contributed by atoms with E-state index in [1.54, 1.807) is 20.8 Å². The Morgan fingerprint density at radius 3 is 1.61 bits per heavy atom. The lowest BCUT2D eigenvalue weighted by molar-refractivity contribution is -0.145. The van der Waals surface area contributed by atoms with Gasteiger partial charge in [0, 0.05) is 12.8 Å². The van der Waals surface area contributed by atoms with Crippen molar-refractivity contribution in [3.8, 4) is 0 Å². The van der Waals surface area contributed by atoms with Gasteiger partial charge in [0.1, 0.15) is 5.60 Å². The third-order valence-electron chi connectivity index (χ3n) is 1.88.